The number of ether oxygens (including phenoxy) is 1. The Hall–Kier alpha value is -1.16. The minimum atomic E-state index is 0.0421. The van der Waals surface area contributed by atoms with Crippen LogP contribution >= 0.6 is 0 Å². The fourth-order valence-corrected chi connectivity index (χ4v) is 3.13. The largest absolute Gasteiger partial charge is 0.376 e. The molecule has 104 valence electrons. The first kappa shape index (κ1) is 12.9. The summed E-state index contributed by atoms with van der Waals surface area (Å²) < 4.78 is 5.66. The average Bonchev–Trinajstić information content (AvgIpc) is 2.37. The first-order valence-corrected chi connectivity index (χ1v) is 7.38. The maximum absolute atomic E-state index is 5.66. The van der Waals surface area contributed by atoms with E-state index in [1.807, 2.05) is 14.0 Å². The van der Waals surface area contributed by atoms with Crippen LogP contribution in [-0.4, -0.2) is 29.2 Å². The molecule has 1 aromatic rings. The first-order chi connectivity index (χ1) is 9.22. The van der Waals surface area contributed by atoms with Gasteiger partial charge in [-0.05, 0) is 51.9 Å². The zero-order chi connectivity index (χ0) is 13.3. The van der Waals surface area contributed by atoms with Crippen LogP contribution in [-0.2, 0) is 17.6 Å². The second kappa shape index (κ2) is 5.08. The van der Waals surface area contributed by atoms with Gasteiger partial charge in [0.25, 0.3) is 0 Å². The monoisotopic (exact) mass is 261 g/mol. The Bertz CT molecular complexity index is 463. The van der Waals surface area contributed by atoms with E-state index in [2.05, 4.69) is 15.3 Å². The summed E-state index contributed by atoms with van der Waals surface area (Å²) in [6.07, 6.45) is 8.30. The SMILES string of the molecule is COC1(CNc2nc(C)nc3c2CCCC3)CCC1. The molecule has 0 saturated heterocycles. The average molecular weight is 261 g/mol. The van der Waals surface area contributed by atoms with Crippen molar-refractivity contribution >= 4 is 5.82 Å². The topological polar surface area (TPSA) is 47.0 Å². The van der Waals surface area contributed by atoms with Gasteiger partial charge in [0.2, 0.25) is 0 Å². The van der Waals surface area contributed by atoms with Gasteiger partial charge in [-0.1, -0.05) is 0 Å². The molecule has 0 spiro atoms. The number of rotatable bonds is 4. The van der Waals surface area contributed by atoms with Crippen molar-refractivity contribution in [2.24, 2.45) is 0 Å². The summed E-state index contributed by atoms with van der Waals surface area (Å²) in [6, 6.07) is 0. The molecule has 0 aliphatic heterocycles. The van der Waals surface area contributed by atoms with Crippen molar-refractivity contribution in [3.05, 3.63) is 17.1 Å². The van der Waals surface area contributed by atoms with Crippen molar-refractivity contribution < 1.29 is 4.74 Å². The molecule has 4 nitrogen and oxygen atoms in total. The number of nitrogens with one attached hydrogen (secondary N) is 1. The van der Waals surface area contributed by atoms with E-state index < -0.39 is 0 Å². The van der Waals surface area contributed by atoms with E-state index in [9.17, 15) is 0 Å². The summed E-state index contributed by atoms with van der Waals surface area (Å²) in [7, 11) is 1.82. The van der Waals surface area contributed by atoms with Crippen molar-refractivity contribution in [1.29, 1.82) is 0 Å². The standard InChI is InChI=1S/C15H23N3O/c1-11-17-13-7-4-3-6-12(13)14(18-11)16-10-15(19-2)8-5-9-15/h3-10H2,1-2H3,(H,16,17,18). The maximum Gasteiger partial charge on any atom is 0.133 e. The van der Waals surface area contributed by atoms with E-state index in [0.29, 0.717) is 0 Å². The normalized spacial score (nSPS) is 20.5. The summed E-state index contributed by atoms with van der Waals surface area (Å²) in [5, 5.41) is 3.53. The van der Waals surface area contributed by atoms with Crippen molar-refractivity contribution in [2.45, 2.75) is 57.5 Å². The van der Waals surface area contributed by atoms with Gasteiger partial charge in [0.05, 0.1) is 5.60 Å². The van der Waals surface area contributed by atoms with Crippen LogP contribution in [0.3, 0.4) is 0 Å². The second-order valence-corrected chi connectivity index (χ2v) is 5.85. The molecule has 2 aliphatic rings. The molecule has 2 aliphatic carbocycles. The number of fused-ring (bicyclic) bond motifs is 1. The van der Waals surface area contributed by atoms with Gasteiger partial charge in [0.15, 0.2) is 0 Å². The molecule has 0 radical (unpaired) electrons. The highest BCUT2D eigenvalue weighted by Gasteiger charge is 2.37. The zero-order valence-corrected chi connectivity index (χ0v) is 12.0. The number of aromatic nitrogens is 2. The third-order valence-corrected chi connectivity index (χ3v) is 4.57. The predicted octanol–water partition coefficient (Wildman–Crippen LogP) is 2.64. The van der Waals surface area contributed by atoms with Gasteiger partial charge < -0.3 is 10.1 Å². The molecule has 1 heterocycles. The summed E-state index contributed by atoms with van der Waals surface area (Å²) in [6.45, 7) is 2.85. The van der Waals surface area contributed by atoms with E-state index in [1.54, 1.807) is 0 Å². The van der Waals surface area contributed by atoms with Crippen molar-refractivity contribution in [2.75, 3.05) is 19.0 Å². The highest BCUT2D eigenvalue weighted by Crippen LogP contribution is 2.35. The van der Waals surface area contributed by atoms with Crippen LogP contribution in [0.25, 0.3) is 0 Å². The Balaban J connectivity index is 1.78. The van der Waals surface area contributed by atoms with Gasteiger partial charge in [-0.15, -0.1) is 0 Å². The molecule has 1 aromatic heterocycles. The minimum Gasteiger partial charge on any atom is -0.376 e. The van der Waals surface area contributed by atoms with E-state index in [0.717, 1.165) is 43.9 Å². The van der Waals surface area contributed by atoms with Crippen LogP contribution < -0.4 is 5.32 Å². The fourth-order valence-electron chi connectivity index (χ4n) is 3.13. The van der Waals surface area contributed by atoms with Crippen LogP contribution in [0.1, 0.15) is 49.2 Å². The third-order valence-electron chi connectivity index (χ3n) is 4.57. The predicted molar refractivity (Wildman–Crippen MR) is 75.5 cm³/mol. The van der Waals surface area contributed by atoms with E-state index in [1.165, 1.54) is 30.5 Å². The maximum atomic E-state index is 5.66. The van der Waals surface area contributed by atoms with Crippen LogP contribution in [0.5, 0.6) is 0 Å². The number of hydrogen-bond donors (Lipinski definition) is 1. The molecule has 0 atom stereocenters. The molecule has 1 saturated carbocycles. The van der Waals surface area contributed by atoms with E-state index in [-0.39, 0.29) is 5.60 Å². The number of nitrogens with zero attached hydrogens (tertiary/aromatic N) is 2. The lowest BCUT2D eigenvalue weighted by atomic mass is 9.80. The number of aryl methyl sites for hydroxylation is 2. The van der Waals surface area contributed by atoms with Crippen LogP contribution in [0.4, 0.5) is 5.82 Å². The Morgan fingerprint density at radius 3 is 2.63 bits per heavy atom. The molecular weight excluding hydrogens is 238 g/mol. The molecule has 19 heavy (non-hydrogen) atoms. The lowest BCUT2D eigenvalue weighted by molar-refractivity contribution is -0.0601. The summed E-state index contributed by atoms with van der Waals surface area (Å²) >= 11 is 0. The highest BCUT2D eigenvalue weighted by molar-refractivity contribution is 5.48. The van der Waals surface area contributed by atoms with Gasteiger partial charge in [0, 0.05) is 24.9 Å². The van der Waals surface area contributed by atoms with Crippen molar-refractivity contribution in [1.82, 2.24) is 9.97 Å². The molecule has 0 amide bonds. The first-order valence-electron chi connectivity index (χ1n) is 7.38. The smallest absolute Gasteiger partial charge is 0.133 e. The Labute approximate surface area is 115 Å². The lowest BCUT2D eigenvalue weighted by Crippen LogP contribution is -2.45. The van der Waals surface area contributed by atoms with Gasteiger partial charge in [-0.25, -0.2) is 9.97 Å². The number of hydrogen-bond acceptors (Lipinski definition) is 4. The minimum absolute atomic E-state index is 0.0421. The Morgan fingerprint density at radius 2 is 1.95 bits per heavy atom. The van der Waals surface area contributed by atoms with E-state index in [4.69, 9.17) is 4.74 Å². The van der Waals surface area contributed by atoms with Crippen LogP contribution in [0.2, 0.25) is 0 Å². The number of anilines is 1. The molecule has 1 N–H and O–H groups in total. The molecule has 3 rings (SSSR count). The Morgan fingerprint density at radius 1 is 1.16 bits per heavy atom. The Kier molecular flexibility index (Phi) is 3.44. The van der Waals surface area contributed by atoms with Crippen LogP contribution in [0, 0.1) is 6.92 Å². The van der Waals surface area contributed by atoms with Gasteiger partial charge in [0.1, 0.15) is 11.6 Å². The second-order valence-electron chi connectivity index (χ2n) is 5.85. The fraction of sp³-hybridized carbons (Fsp3) is 0.733. The van der Waals surface area contributed by atoms with Gasteiger partial charge >= 0.3 is 0 Å². The third kappa shape index (κ3) is 2.46. The molecule has 4 heteroatoms. The molecule has 0 unspecified atom stereocenters. The van der Waals surface area contributed by atoms with Gasteiger partial charge in [-0.2, -0.15) is 0 Å². The summed E-state index contributed by atoms with van der Waals surface area (Å²) in [5.41, 5.74) is 2.63. The zero-order valence-electron chi connectivity index (χ0n) is 12.0. The van der Waals surface area contributed by atoms with Crippen molar-refractivity contribution in [3.8, 4) is 0 Å². The van der Waals surface area contributed by atoms with E-state index >= 15 is 0 Å². The quantitative estimate of drug-likeness (QED) is 0.905. The summed E-state index contributed by atoms with van der Waals surface area (Å²) in [5.74, 6) is 1.92. The molecule has 1 fully saturated rings. The number of methoxy groups -OCH3 is 1. The van der Waals surface area contributed by atoms with Gasteiger partial charge in [-0.3, -0.25) is 0 Å². The molecule has 0 aromatic carbocycles. The highest BCUT2D eigenvalue weighted by atomic mass is 16.5. The van der Waals surface area contributed by atoms with Crippen LogP contribution in [0.15, 0.2) is 0 Å². The lowest BCUT2D eigenvalue weighted by Gasteiger charge is -2.40. The molecule has 0 bridgehead atoms. The summed E-state index contributed by atoms with van der Waals surface area (Å²) in [4.78, 5) is 9.20. The van der Waals surface area contributed by atoms with Crippen molar-refractivity contribution in [3.63, 3.8) is 0 Å². The molecular formula is C15H23N3O.